The second kappa shape index (κ2) is 5.47. The number of nitrogens with zero attached hydrogens (tertiary/aromatic N) is 3. The molecule has 2 rings (SSSR count). The van der Waals surface area contributed by atoms with Gasteiger partial charge in [-0.25, -0.2) is 9.97 Å². The van der Waals surface area contributed by atoms with Crippen LogP contribution in [0.25, 0.3) is 0 Å². The van der Waals surface area contributed by atoms with Crippen LogP contribution in [-0.4, -0.2) is 46.8 Å². The summed E-state index contributed by atoms with van der Waals surface area (Å²) in [5, 5.41) is 9.48. The van der Waals surface area contributed by atoms with Gasteiger partial charge in [-0.05, 0) is 0 Å². The Bertz CT molecular complexity index is 457. The zero-order chi connectivity index (χ0) is 13.1. The fourth-order valence-electron chi connectivity index (χ4n) is 1.86. The number of anilines is 1. The van der Waals surface area contributed by atoms with Crippen molar-refractivity contribution in [3.05, 3.63) is 17.0 Å². The van der Waals surface area contributed by atoms with Gasteiger partial charge in [-0.3, -0.25) is 4.79 Å². The summed E-state index contributed by atoms with van der Waals surface area (Å²) in [4.78, 5) is 20.9. The Morgan fingerprint density at radius 2 is 2.44 bits per heavy atom. The maximum Gasteiger partial charge on any atom is 0.242 e. The number of hydrogen-bond donors (Lipinski definition) is 2. The topological polar surface area (TPSA) is 102 Å². The molecule has 1 unspecified atom stereocenters. The first-order valence-corrected chi connectivity index (χ1v) is 5.77. The molecule has 0 bridgehead atoms. The van der Waals surface area contributed by atoms with Crippen LogP contribution in [0.4, 0.5) is 5.82 Å². The molecule has 1 fully saturated rings. The van der Waals surface area contributed by atoms with Gasteiger partial charge in [0.1, 0.15) is 23.3 Å². The Hall–Kier alpha value is -1.44. The highest BCUT2D eigenvalue weighted by atomic mass is 35.5. The van der Waals surface area contributed by atoms with Gasteiger partial charge in [0.2, 0.25) is 5.91 Å². The zero-order valence-corrected chi connectivity index (χ0v) is 10.3. The molecular formula is C10H13ClN4O3. The number of hydrogen-bond acceptors (Lipinski definition) is 6. The van der Waals surface area contributed by atoms with Crippen molar-refractivity contribution in [2.75, 3.05) is 24.7 Å². The summed E-state index contributed by atoms with van der Waals surface area (Å²) < 4.78 is 5.22. The van der Waals surface area contributed by atoms with Gasteiger partial charge in [-0.1, -0.05) is 11.6 Å². The lowest BCUT2D eigenvalue weighted by molar-refractivity contribution is -0.121. The highest BCUT2D eigenvalue weighted by Crippen LogP contribution is 2.26. The van der Waals surface area contributed by atoms with E-state index in [1.165, 1.54) is 6.33 Å². The first kappa shape index (κ1) is 13.0. The Labute approximate surface area is 109 Å². The number of nitrogens with two attached hydrogens (primary N) is 1. The van der Waals surface area contributed by atoms with Crippen molar-refractivity contribution in [3.8, 4) is 0 Å². The molecule has 98 valence electrons. The van der Waals surface area contributed by atoms with Crippen molar-refractivity contribution in [1.29, 1.82) is 0 Å². The van der Waals surface area contributed by atoms with Crippen LogP contribution in [0.3, 0.4) is 0 Å². The molecule has 0 aromatic carbocycles. The van der Waals surface area contributed by atoms with Crippen molar-refractivity contribution < 1.29 is 14.6 Å². The van der Waals surface area contributed by atoms with Gasteiger partial charge < -0.3 is 20.5 Å². The van der Waals surface area contributed by atoms with Crippen LogP contribution in [0.15, 0.2) is 6.33 Å². The molecule has 1 atom stereocenters. The van der Waals surface area contributed by atoms with Gasteiger partial charge in [0.05, 0.1) is 25.4 Å². The molecule has 0 spiro atoms. The van der Waals surface area contributed by atoms with E-state index in [0.29, 0.717) is 24.5 Å². The van der Waals surface area contributed by atoms with E-state index in [1.54, 1.807) is 4.90 Å². The molecule has 7 nitrogen and oxygen atoms in total. The van der Waals surface area contributed by atoms with E-state index in [9.17, 15) is 9.90 Å². The molecule has 0 saturated carbocycles. The summed E-state index contributed by atoms with van der Waals surface area (Å²) in [6, 6.07) is -0.616. The zero-order valence-electron chi connectivity index (χ0n) is 9.54. The first-order chi connectivity index (χ1) is 8.65. The smallest absolute Gasteiger partial charge is 0.242 e. The number of primary amides is 1. The maximum atomic E-state index is 11.4. The lowest BCUT2D eigenvalue weighted by Crippen LogP contribution is -2.53. The normalized spacial score (nSPS) is 19.9. The van der Waals surface area contributed by atoms with E-state index in [2.05, 4.69) is 9.97 Å². The second-order valence-electron chi connectivity index (χ2n) is 3.81. The third kappa shape index (κ3) is 2.38. The van der Waals surface area contributed by atoms with E-state index in [4.69, 9.17) is 22.1 Å². The fourth-order valence-corrected chi connectivity index (χ4v) is 2.05. The number of aliphatic hydroxyl groups excluding tert-OH is 1. The number of aliphatic hydroxyl groups is 1. The molecule has 0 aliphatic carbocycles. The van der Waals surface area contributed by atoms with E-state index in [0.717, 1.165) is 0 Å². The molecule has 2 heterocycles. The molecule has 1 aromatic heterocycles. The first-order valence-electron chi connectivity index (χ1n) is 5.39. The molecule has 1 aliphatic rings. The summed E-state index contributed by atoms with van der Waals surface area (Å²) in [5.74, 6) is -0.0853. The lowest BCUT2D eigenvalue weighted by Gasteiger charge is -2.35. The van der Waals surface area contributed by atoms with Gasteiger partial charge in [-0.2, -0.15) is 0 Å². The van der Waals surface area contributed by atoms with Gasteiger partial charge in [0.15, 0.2) is 0 Å². The van der Waals surface area contributed by atoms with E-state index >= 15 is 0 Å². The molecule has 8 heteroatoms. The Balaban J connectivity index is 2.39. The minimum Gasteiger partial charge on any atom is -0.391 e. The average molecular weight is 273 g/mol. The Morgan fingerprint density at radius 1 is 1.67 bits per heavy atom. The van der Waals surface area contributed by atoms with Crippen molar-refractivity contribution in [1.82, 2.24) is 9.97 Å². The average Bonchev–Trinajstić information content (AvgIpc) is 2.38. The Morgan fingerprint density at radius 3 is 3.11 bits per heavy atom. The number of rotatable bonds is 3. The molecule has 3 N–H and O–H groups in total. The third-order valence-corrected chi connectivity index (χ3v) is 3.08. The summed E-state index contributed by atoms with van der Waals surface area (Å²) in [5.41, 5.74) is 5.71. The second-order valence-corrected chi connectivity index (χ2v) is 4.17. The number of morpholine rings is 1. The van der Waals surface area contributed by atoms with E-state index in [1.807, 2.05) is 0 Å². The molecule has 18 heavy (non-hydrogen) atoms. The summed E-state index contributed by atoms with van der Waals surface area (Å²) in [6.07, 6.45) is 1.28. The highest BCUT2D eigenvalue weighted by molar-refractivity contribution is 6.30. The number of amides is 1. The third-order valence-electron chi connectivity index (χ3n) is 2.76. The summed E-state index contributed by atoms with van der Waals surface area (Å²) in [7, 11) is 0. The summed E-state index contributed by atoms with van der Waals surface area (Å²) >= 11 is 5.89. The van der Waals surface area contributed by atoms with Crippen LogP contribution in [0.1, 0.15) is 5.56 Å². The van der Waals surface area contributed by atoms with Crippen LogP contribution >= 0.6 is 11.6 Å². The molecule has 1 aliphatic heterocycles. The fraction of sp³-hybridized carbons (Fsp3) is 0.500. The quantitative estimate of drug-likeness (QED) is 0.707. The minimum atomic E-state index is -0.616. The largest absolute Gasteiger partial charge is 0.391 e. The molecule has 0 radical (unpaired) electrons. The highest BCUT2D eigenvalue weighted by Gasteiger charge is 2.30. The van der Waals surface area contributed by atoms with Crippen LogP contribution in [0, 0.1) is 0 Å². The maximum absolute atomic E-state index is 11.4. The van der Waals surface area contributed by atoms with Crippen LogP contribution in [-0.2, 0) is 16.1 Å². The molecule has 1 saturated heterocycles. The van der Waals surface area contributed by atoms with Gasteiger partial charge in [-0.15, -0.1) is 0 Å². The SMILES string of the molecule is NC(=O)C1COCCN1c1ncnc(Cl)c1CO. The van der Waals surface area contributed by atoms with Gasteiger partial charge in [0.25, 0.3) is 0 Å². The standard InChI is InChI=1S/C10H13ClN4O3/c11-8-6(3-16)10(14-5-13-8)15-1-2-18-4-7(15)9(12)17/h5,7,16H,1-4H2,(H2,12,17). The van der Waals surface area contributed by atoms with E-state index < -0.39 is 11.9 Å². The number of aromatic nitrogens is 2. The van der Waals surface area contributed by atoms with Gasteiger partial charge >= 0.3 is 0 Å². The van der Waals surface area contributed by atoms with E-state index in [-0.39, 0.29) is 18.4 Å². The number of ether oxygens (including phenoxy) is 1. The van der Waals surface area contributed by atoms with Crippen LogP contribution < -0.4 is 10.6 Å². The molecule has 1 amide bonds. The summed E-state index contributed by atoms with van der Waals surface area (Å²) in [6.45, 7) is 0.796. The van der Waals surface area contributed by atoms with Crippen molar-refractivity contribution in [2.45, 2.75) is 12.6 Å². The monoisotopic (exact) mass is 272 g/mol. The molecular weight excluding hydrogens is 260 g/mol. The minimum absolute atomic E-state index is 0.164. The lowest BCUT2D eigenvalue weighted by atomic mass is 10.2. The number of halogens is 1. The number of carbonyl (C=O) groups is 1. The van der Waals surface area contributed by atoms with Crippen molar-refractivity contribution >= 4 is 23.3 Å². The van der Waals surface area contributed by atoms with Crippen LogP contribution in [0.5, 0.6) is 0 Å². The van der Waals surface area contributed by atoms with Crippen molar-refractivity contribution in [2.24, 2.45) is 5.73 Å². The van der Waals surface area contributed by atoms with Gasteiger partial charge in [0, 0.05) is 6.54 Å². The Kier molecular flexibility index (Phi) is 3.95. The van der Waals surface area contributed by atoms with Crippen molar-refractivity contribution in [3.63, 3.8) is 0 Å². The van der Waals surface area contributed by atoms with Crippen LogP contribution in [0.2, 0.25) is 5.15 Å². The predicted octanol–water partition coefficient (Wildman–Crippen LogP) is -0.687. The molecule has 1 aromatic rings. The number of carbonyl (C=O) groups excluding carboxylic acids is 1. The predicted molar refractivity (Wildman–Crippen MR) is 64.1 cm³/mol.